The highest BCUT2D eigenvalue weighted by Gasteiger charge is 2.34. The largest absolute Gasteiger partial charge is 0.530 e. The molecule has 0 fully saturated rings. The van der Waals surface area contributed by atoms with Gasteiger partial charge in [-0.15, -0.1) is 0 Å². The van der Waals surface area contributed by atoms with E-state index in [1.807, 2.05) is 0 Å². The molecule has 0 unspecified atom stereocenters. The van der Waals surface area contributed by atoms with Crippen molar-refractivity contribution in [2.75, 3.05) is 0 Å². The summed E-state index contributed by atoms with van der Waals surface area (Å²) in [5.74, 6) is 4.30. The first-order valence-electron chi connectivity index (χ1n) is 23.1. The van der Waals surface area contributed by atoms with Crippen LogP contribution < -0.4 is 27.1 Å². The molecule has 334 valence electrons. The SMILES string of the molecule is Cc1cc(C)c(OP2Oc3ccc4ccccc4c3Cc3c(ccc4ccccc34)O2)c(-c2c(C)c(C)cc(C)c2OP2Oc3ccc4ccccc4c3Cc3c(ccc4ccccc34)O2)c1C. The van der Waals surface area contributed by atoms with Gasteiger partial charge in [0.2, 0.25) is 0 Å². The number of benzene rings is 10. The molecule has 2 aliphatic rings. The number of fused-ring (bicyclic) bond motifs is 12. The Morgan fingerprint density at radius 2 is 0.618 bits per heavy atom. The Morgan fingerprint density at radius 3 is 0.912 bits per heavy atom. The molecular formula is C60H48O6P2. The van der Waals surface area contributed by atoms with Crippen LogP contribution in [0.2, 0.25) is 0 Å². The summed E-state index contributed by atoms with van der Waals surface area (Å²) in [4.78, 5) is 0. The Hall–Kier alpha value is -7.10. The minimum absolute atomic E-state index is 0.640. The maximum atomic E-state index is 7.28. The van der Waals surface area contributed by atoms with E-state index in [4.69, 9.17) is 27.1 Å². The minimum Gasteiger partial charge on any atom is -0.408 e. The smallest absolute Gasteiger partial charge is 0.408 e. The van der Waals surface area contributed by atoms with Crippen LogP contribution in [0.25, 0.3) is 54.2 Å². The van der Waals surface area contributed by atoms with E-state index in [0.29, 0.717) is 24.3 Å². The normalized spacial score (nSPS) is 13.7. The van der Waals surface area contributed by atoms with E-state index >= 15 is 0 Å². The van der Waals surface area contributed by atoms with Crippen LogP contribution in [0.5, 0.6) is 34.5 Å². The fraction of sp³-hybridized carbons (Fsp3) is 0.133. The van der Waals surface area contributed by atoms with Crippen LogP contribution in [-0.4, -0.2) is 0 Å². The third-order valence-corrected chi connectivity index (χ3v) is 16.0. The Balaban J connectivity index is 1.01. The van der Waals surface area contributed by atoms with Gasteiger partial charge in [-0.05, 0) is 142 Å². The molecule has 0 amide bonds. The molecule has 68 heavy (non-hydrogen) atoms. The van der Waals surface area contributed by atoms with Gasteiger partial charge in [0.1, 0.15) is 34.5 Å². The molecule has 0 saturated heterocycles. The number of aryl methyl sites for hydroxylation is 4. The highest BCUT2D eigenvalue weighted by molar-refractivity contribution is 7.43. The van der Waals surface area contributed by atoms with E-state index in [2.05, 4.69) is 199 Å². The molecule has 0 spiro atoms. The maximum absolute atomic E-state index is 7.28. The highest BCUT2D eigenvalue weighted by atomic mass is 31.2. The number of hydrogen-bond acceptors (Lipinski definition) is 6. The quantitative estimate of drug-likeness (QED) is 0.160. The van der Waals surface area contributed by atoms with E-state index in [1.165, 1.54) is 0 Å². The Bertz CT molecular complexity index is 3280. The lowest BCUT2D eigenvalue weighted by Gasteiger charge is -2.29. The third kappa shape index (κ3) is 7.26. The number of hydrogen-bond donors (Lipinski definition) is 0. The second kappa shape index (κ2) is 16.9. The molecule has 6 nitrogen and oxygen atoms in total. The van der Waals surface area contributed by atoms with Crippen LogP contribution >= 0.6 is 17.2 Å². The molecule has 0 N–H and O–H groups in total. The molecule has 10 aromatic rings. The Labute approximate surface area is 399 Å². The van der Waals surface area contributed by atoms with Crippen molar-refractivity contribution in [1.29, 1.82) is 0 Å². The van der Waals surface area contributed by atoms with Gasteiger partial charge >= 0.3 is 17.2 Å². The van der Waals surface area contributed by atoms with Crippen molar-refractivity contribution in [3.63, 3.8) is 0 Å². The summed E-state index contributed by atoms with van der Waals surface area (Å²) >= 11 is 0. The standard InChI is InChI=1S/C60H48O6P2/c1-35-31-37(3)59(65-67-61-53-27-23-41-15-7-11-19-45(41)49(53)33-50-46-20-12-8-16-42(46)24-28-54(50)62-67)57(39(35)5)58-40(6)36(2)32-38(4)60(58)66-68-63-55-29-25-43-17-9-13-21-47(43)51(55)34-52-48-22-14-10-18-44(48)26-30-56(52)64-68/h7-32H,33-34H2,1-6H3. The summed E-state index contributed by atoms with van der Waals surface area (Å²) in [7, 11) is -4.10. The molecule has 0 bridgehead atoms. The van der Waals surface area contributed by atoms with Crippen LogP contribution in [0, 0.1) is 41.5 Å². The average Bonchev–Trinajstić information content (AvgIpc) is 3.34. The van der Waals surface area contributed by atoms with Gasteiger partial charge in [0, 0.05) is 46.2 Å². The minimum atomic E-state index is -2.05. The molecule has 0 aromatic heterocycles. The molecule has 0 atom stereocenters. The number of rotatable bonds is 5. The summed E-state index contributed by atoms with van der Waals surface area (Å²) in [6, 6.07) is 55.1. The van der Waals surface area contributed by atoms with Crippen LogP contribution in [0.15, 0.2) is 158 Å². The van der Waals surface area contributed by atoms with E-state index in [0.717, 1.165) is 133 Å². The van der Waals surface area contributed by atoms with Crippen molar-refractivity contribution < 1.29 is 27.1 Å². The molecule has 12 rings (SSSR count). The van der Waals surface area contributed by atoms with E-state index in [-0.39, 0.29) is 0 Å². The van der Waals surface area contributed by atoms with E-state index in [1.54, 1.807) is 0 Å². The molecule has 2 aliphatic heterocycles. The van der Waals surface area contributed by atoms with Crippen LogP contribution in [-0.2, 0) is 12.8 Å². The van der Waals surface area contributed by atoms with Crippen LogP contribution in [0.3, 0.4) is 0 Å². The van der Waals surface area contributed by atoms with Gasteiger partial charge in [-0.25, -0.2) is 0 Å². The molecule has 2 heterocycles. The lowest BCUT2D eigenvalue weighted by molar-refractivity contribution is 0.378. The summed E-state index contributed by atoms with van der Waals surface area (Å²) in [6.45, 7) is 12.8. The van der Waals surface area contributed by atoms with Gasteiger partial charge in [0.25, 0.3) is 0 Å². The zero-order valence-corrected chi connectivity index (χ0v) is 40.6. The first kappa shape index (κ1) is 42.3. The van der Waals surface area contributed by atoms with Crippen LogP contribution in [0.1, 0.15) is 55.6 Å². The van der Waals surface area contributed by atoms with Crippen molar-refractivity contribution in [1.82, 2.24) is 0 Å². The van der Waals surface area contributed by atoms with E-state index < -0.39 is 17.2 Å². The Kier molecular flexibility index (Phi) is 10.5. The Morgan fingerprint density at radius 1 is 0.338 bits per heavy atom. The first-order valence-corrected chi connectivity index (χ1v) is 25.3. The van der Waals surface area contributed by atoms with E-state index in [9.17, 15) is 0 Å². The zero-order chi connectivity index (χ0) is 46.2. The molecule has 0 saturated carbocycles. The third-order valence-electron chi connectivity index (χ3n) is 13.9. The van der Waals surface area contributed by atoms with Crippen molar-refractivity contribution in [2.24, 2.45) is 0 Å². The predicted molar refractivity (Wildman–Crippen MR) is 279 cm³/mol. The summed E-state index contributed by atoms with van der Waals surface area (Å²) in [5, 5.41) is 9.18. The molecule has 0 radical (unpaired) electrons. The second-order valence-electron chi connectivity index (χ2n) is 18.1. The first-order chi connectivity index (χ1) is 33.2. The lowest BCUT2D eigenvalue weighted by Crippen LogP contribution is -2.12. The molecule has 10 aromatic carbocycles. The van der Waals surface area contributed by atoms with Gasteiger partial charge in [-0.1, -0.05) is 133 Å². The molecule has 8 heteroatoms. The monoisotopic (exact) mass is 926 g/mol. The fourth-order valence-electron chi connectivity index (χ4n) is 10.2. The van der Waals surface area contributed by atoms with Gasteiger partial charge in [-0.2, -0.15) is 0 Å². The lowest BCUT2D eigenvalue weighted by atomic mass is 9.87. The van der Waals surface area contributed by atoms with Gasteiger partial charge in [0.15, 0.2) is 0 Å². The van der Waals surface area contributed by atoms with Crippen molar-refractivity contribution >= 4 is 60.3 Å². The van der Waals surface area contributed by atoms with Crippen LogP contribution in [0.4, 0.5) is 0 Å². The van der Waals surface area contributed by atoms with Gasteiger partial charge in [0.05, 0.1) is 0 Å². The zero-order valence-electron chi connectivity index (χ0n) is 38.8. The maximum Gasteiger partial charge on any atom is 0.530 e. The average molecular weight is 927 g/mol. The molecular weight excluding hydrogens is 879 g/mol. The summed E-state index contributed by atoms with van der Waals surface area (Å²) in [6.07, 6.45) is 1.28. The topological polar surface area (TPSA) is 55.4 Å². The second-order valence-corrected chi connectivity index (χ2v) is 20.1. The van der Waals surface area contributed by atoms with Crippen molar-refractivity contribution in [3.05, 3.63) is 213 Å². The molecule has 0 aliphatic carbocycles. The fourth-order valence-corrected chi connectivity index (χ4v) is 12.6. The van der Waals surface area contributed by atoms with Crippen molar-refractivity contribution in [2.45, 2.75) is 54.4 Å². The van der Waals surface area contributed by atoms with Crippen molar-refractivity contribution in [3.8, 4) is 45.6 Å². The highest BCUT2D eigenvalue weighted by Crippen LogP contribution is 2.57. The van der Waals surface area contributed by atoms with Gasteiger partial charge in [-0.3, -0.25) is 0 Å². The summed E-state index contributed by atoms with van der Waals surface area (Å²) in [5.41, 5.74) is 12.5. The van der Waals surface area contributed by atoms with Gasteiger partial charge < -0.3 is 27.1 Å². The summed E-state index contributed by atoms with van der Waals surface area (Å²) < 4.78 is 42.4. The predicted octanol–water partition coefficient (Wildman–Crippen LogP) is 17.2.